The van der Waals surface area contributed by atoms with Gasteiger partial charge in [0.15, 0.2) is 0 Å². The van der Waals surface area contributed by atoms with Crippen LogP contribution in [0.25, 0.3) is 11.0 Å². The van der Waals surface area contributed by atoms with E-state index < -0.39 is 0 Å². The number of rotatable bonds is 6. The maximum Gasteiger partial charge on any atom is 0.139 e. The lowest BCUT2D eigenvalue weighted by Gasteiger charge is -2.14. The maximum atomic E-state index is 5.96. The highest BCUT2D eigenvalue weighted by Gasteiger charge is 2.24. The molecule has 0 amide bonds. The first kappa shape index (κ1) is 16.2. The van der Waals surface area contributed by atoms with Crippen LogP contribution in [0.5, 0.6) is 5.75 Å². The summed E-state index contributed by atoms with van der Waals surface area (Å²) < 4.78 is 14.1. The van der Waals surface area contributed by atoms with Crippen LogP contribution < -0.4 is 4.74 Å². The Labute approximate surface area is 148 Å². The van der Waals surface area contributed by atoms with Crippen LogP contribution in [0.1, 0.15) is 37.3 Å². The second-order valence-electron chi connectivity index (χ2n) is 6.46. The van der Waals surface area contributed by atoms with E-state index in [1.165, 1.54) is 5.56 Å². The van der Waals surface area contributed by atoms with Gasteiger partial charge >= 0.3 is 0 Å². The van der Waals surface area contributed by atoms with E-state index >= 15 is 0 Å². The molecule has 0 radical (unpaired) electrons. The molecular weight excluding hydrogens is 312 g/mol. The summed E-state index contributed by atoms with van der Waals surface area (Å²) in [6.45, 7) is 4.37. The molecule has 4 rings (SSSR count). The highest BCUT2D eigenvalue weighted by atomic mass is 16.5. The van der Waals surface area contributed by atoms with E-state index in [1.807, 2.05) is 18.2 Å². The second-order valence-corrected chi connectivity index (χ2v) is 6.46. The van der Waals surface area contributed by atoms with E-state index in [1.54, 1.807) is 0 Å². The van der Waals surface area contributed by atoms with Crippen LogP contribution in [0.4, 0.5) is 0 Å². The summed E-state index contributed by atoms with van der Waals surface area (Å²) in [5.41, 5.74) is 3.51. The molecule has 0 spiro atoms. The van der Waals surface area contributed by atoms with Crippen molar-refractivity contribution in [3.8, 4) is 5.75 Å². The summed E-state index contributed by atoms with van der Waals surface area (Å²) in [6.07, 6.45) is 3.30. The lowest BCUT2D eigenvalue weighted by molar-refractivity contribution is 0.101. The van der Waals surface area contributed by atoms with Crippen molar-refractivity contribution in [2.45, 2.75) is 38.8 Å². The summed E-state index contributed by atoms with van der Waals surface area (Å²) in [7, 11) is 0. The summed E-state index contributed by atoms with van der Waals surface area (Å²) in [4.78, 5) is 4.83. The molecule has 1 fully saturated rings. The zero-order chi connectivity index (χ0) is 17.1. The van der Waals surface area contributed by atoms with Crippen molar-refractivity contribution in [3.63, 3.8) is 0 Å². The number of aryl methyl sites for hydroxylation is 1. The van der Waals surface area contributed by atoms with E-state index in [9.17, 15) is 0 Å². The number of imidazole rings is 1. The monoisotopic (exact) mass is 336 g/mol. The first-order chi connectivity index (χ1) is 12.3. The zero-order valence-electron chi connectivity index (χ0n) is 14.6. The first-order valence-electron chi connectivity index (χ1n) is 9.13. The number of aromatic nitrogens is 2. The lowest BCUT2D eigenvalue weighted by Crippen LogP contribution is -2.13. The van der Waals surface area contributed by atoms with Crippen molar-refractivity contribution < 1.29 is 9.47 Å². The van der Waals surface area contributed by atoms with Crippen molar-refractivity contribution in [2.75, 3.05) is 13.2 Å². The standard InChI is InChI=1S/C21H24N2O2/c1-2-16-9-11-17(12-10-16)24-15-13-23-19-7-4-3-6-18(19)22-21(23)20-8-5-14-25-20/h3-4,6-7,9-12,20H,2,5,8,13-15H2,1H3. The van der Waals surface area contributed by atoms with Crippen LogP contribution >= 0.6 is 0 Å². The van der Waals surface area contributed by atoms with Crippen LogP contribution in [-0.2, 0) is 17.7 Å². The quantitative estimate of drug-likeness (QED) is 0.663. The molecule has 1 aliphatic rings. The van der Waals surface area contributed by atoms with Gasteiger partial charge in [0.1, 0.15) is 24.3 Å². The number of benzene rings is 2. The highest BCUT2D eigenvalue weighted by Crippen LogP contribution is 2.30. The SMILES string of the molecule is CCc1ccc(OCCn2c(C3CCCO3)nc3ccccc32)cc1. The Bertz CT molecular complexity index is 833. The van der Waals surface area contributed by atoms with Gasteiger partial charge < -0.3 is 14.0 Å². The molecule has 4 heteroatoms. The third-order valence-electron chi connectivity index (χ3n) is 4.82. The van der Waals surface area contributed by atoms with Crippen LogP contribution in [-0.4, -0.2) is 22.8 Å². The Morgan fingerprint density at radius 2 is 2.00 bits per heavy atom. The molecule has 1 aliphatic heterocycles. The first-order valence-corrected chi connectivity index (χ1v) is 9.13. The Balaban J connectivity index is 1.52. The van der Waals surface area contributed by atoms with Gasteiger partial charge in [0, 0.05) is 6.61 Å². The van der Waals surface area contributed by atoms with Gasteiger partial charge in [-0.2, -0.15) is 0 Å². The zero-order valence-corrected chi connectivity index (χ0v) is 14.6. The molecule has 0 bridgehead atoms. The van der Waals surface area contributed by atoms with Crippen molar-refractivity contribution >= 4 is 11.0 Å². The molecule has 2 aromatic carbocycles. The normalized spacial score (nSPS) is 17.2. The van der Waals surface area contributed by atoms with E-state index in [0.29, 0.717) is 6.61 Å². The molecule has 0 saturated carbocycles. The molecule has 1 saturated heterocycles. The summed E-state index contributed by atoms with van der Waals surface area (Å²) >= 11 is 0. The number of fused-ring (bicyclic) bond motifs is 1. The minimum atomic E-state index is 0.108. The maximum absolute atomic E-state index is 5.96. The topological polar surface area (TPSA) is 36.3 Å². The Morgan fingerprint density at radius 1 is 1.16 bits per heavy atom. The summed E-state index contributed by atoms with van der Waals surface area (Å²) in [5, 5.41) is 0. The van der Waals surface area contributed by atoms with Gasteiger partial charge in [-0.1, -0.05) is 31.2 Å². The molecule has 0 aliphatic carbocycles. The van der Waals surface area contributed by atoms with Crippen molar-refractivity contribution in [3.05, 3.63) is 59.9 Å². The summed E-state index contributed by atoms with van der Waals surface area (Å²) in [6, 6.07) is 16.6. The molecule has 1 aromatic heterocycles. The van der Waals surface area contributed by atoms with E-state index in [2.05, 4.69) is 41.8 Å². The van der Waals surface area contributed by atoms with Gasteiger partial charge in [-0.25, -0.2) is 4.98 Å². The molecule has 25 heavy (non-hydrogen) atoms. The van der Waals surface area contributed by atoms with Gasteiger partial charge in [-0.3, -0.25) is 0 Å². The number of hydrogen-bond acceptors (Lipinski definition) is 3. The third kappa shape index (κ3) is 3.40. The molecule has 2 heterocycles. The second kappa shape index (κ2) is 7.28. The van der Waals surface area contributed by atoms with Gasteiger partial charge in [-0.15, -0.1) is 0 Å². The van der Waals surface area contributed by atoms with Gasteiger partial charge in [0.25, 0.3) is 0 Å². The van der Waals surface area contributed by atoms with Gasteiger partial charge in [0.2, 0.25) is 0 Å². The fourth-order valence-electron chi connectivity index (χ4n) is 3.43. The molecule has 0 N–H and O–H groups in total. The van der Waals surface area contributed by atoms with Crippen molar-refractivity contribution in [1.29, 1.82) is 0 Å². The fraction of sp³-hybridized carbons (Fsp3) is 0.381. The van der Waals surface area contributed by atoms with Crippen molar-refractivity contribution in [1.82, 2.24) is 9.55 Å². The van der Waals surface area contributed by atoms with Gasteiger partial charge in [-0.05, 0) is 49.1 Å². The smallest absolute Gasteiger partial charge is 0.139 e. The average Bonchev–Trinajstić information content (AvgIpc) is 3.30. The number of ether oxygens (including phenoxy) is 2. The Hall–Kier alpha value is -2.33. The van der Waals surface area contributed by atoms with Crippen LogP contribution in [0.15, 0.2) is 48.5 Å². The lowest BCUT2D eigenvalue weighted by atomic mass is 10.2. The minimum absolute atomic E-state index is 0.108. The van der Waals surface area contributed by atoms with Crippen LogP contribution in [0.3, 0.4) is 0 Å². The third-order valence-corrected chi connectivity index (χ3v) is 4.82. The molecule has 4 nitrogen and oxygen atoms in total. The van der Waals surface area contributed by atoms with Crippen LogP contribution in [0.2, 0.25) is 0 Å². The number of hydrogen-bond donors (Lipinski definition) is 0. The predicted molar refractivity (Wildman–Crippen MR) is 99.0 cm³/mol. The molecular formula is C21H24N2O2. The summed E-state index contributed by atoms with van der Waals surface area (Å²) in [5.74, 6) is 1.95. The molecule has 1 atom stereocenters. The molecule has 130 valence electrons. The van der Waals surface area contributed by atoms with E-state index in [0.717, 1.165) is 55.0 Å². The molecule has 1 unspecified atom stereocenters. The average molecular weight is 336 g/mol. The van der Waals surface area contributed by atoms with E-state index in [4.69, 9.17) is 14.5 Å². The van der Waals surface area contributed by atoms with E-state index in [-0.39, 0.29) is 6.10 Å². The Kier molecular flexibility index (Phi) is 4.70. The highest BCUT2D eigenvalue weighted by molar-refractivity contribution is 5.76. The number of para-hydroxylation sites is 2. The predicted octanol–water partition coefficient (Wildman–Crippen LogP) is 4.53. The Morgan fingerprint density at radius 3 is 2.76 bits per heavy atom. The fourth-order valence-corrected chi connectivity index (χ4v) is 3.43. The minimum Gasteiger partial charge on any atom is -0.492 e. The number of nitrogens with zero attached hydrogens (tertiary/aromatic N) is 2. The largest absolute Gasteiger partial charge is 0.492 e. The molecule has 3 aromatic rings. The van der Waals surface area contributed by atoms with Crippen LogP contribution in [0, 0.1) is 0 Å². The van der Waals surface area contributed by atoms with Crippen molar-refractivity contribution in [2.24, 2.45) is 0 Å². The van der Waals surface area contributed by atoms with Gasteiger partial charge in [0.05, 0.1) is 17.6 Å².